The van der Waals surface area contributed by atoms with Gasteiger partial charge in [0, 0.05) is 19.6 Å². The molecule has 1 saturated heterocycles. The average molecular weight is 499 g/mol. The van der Waals surface area contributed by atoms with E-state index in [1.165, 1.54) is 36.7 Å². The fraction of sp³-hybridized carbons (Fsp3) is 0.409. The predicted molar refractivity (Wildman–Crippen MR) is 123 cm³/mol. The van der Waals surface area contributed by atoms with E-state index in [1.807, 2.05) is 0 Å². The number of benzene rings is 2. The van der Waals surface area contributed by atoms with Gasteiger partial charge in [-0.3, -0.25) is 4.79 Å². The molecule has 1 atom stereocenters. The number of hydrogen-bond donors (Lipinski definition) is 2. The highest BCUT2D eigenvalue weighted by atomic mass is 35.5. The minimum absolute atomic E-state index is 0.00565. The zero-order chi connectivity index (χ0) is 24.0. The first kappa shape index (κ1) is 25.1. The standard InChI is InChI=1S/C22H27ClN2O7S/c1-30-19-6-5-7-20(31-2)21(19)32-14-15(26)13-24-22(27)17-12-16(8-9-18(17)23)33(28,29)25-10-3-4-11-25/h5-9,12,15,26H,3-4,10-11,13-14H2,1-2H3,(H,24,27). The average Bonchev–Trinajstić information content (AvgIpc) is 3.37. The molecular weight excluding hydrogens is 472 g/mol. The summed E-state index contributed by atoms with van der Waals surface area (Å²) in [5.74, 6) is 0.602. The van der Waals surface area contributed by atoms with E-state index in [0.717, 1.165) is 12.8 Å². The van der Waals surface area contributed by atoms with Gasteiger partial charge in [-0.15, -0.1) is 0 Å². The number of aliphatic hydroxyl groups is 1. The molecule has 0 aliphatic carbocycles. The zero-order valence-corrected chi connectivity index (χ0v) is 20.0. The van der Waals surface area contributed by atoms with Crippen molar-refractivity contribution in [2.24, 2.45) is 0 Å². The van der Waals surface area contributed by atoms with Crippen molar-refractivity contribution in [2.45, 2.75) is 23.8 Å². The lowest BCUT2D eigenvalue weighted by molar-refractivity contribution is 0.0833. The van der Waals surface area contributed by atoms with Crippen molar-refractivity contribution < 1.29 is 32.5 Å². The van der Waals surface area contributed by atoms with Crippen LogP contribution in [-0.2, 0) is 10.0 Å². The number of hydrogen-bond acceptors (Lipinski definition) is 7. The second-order valence-corrected chi connectivity index (χ2v) is 9.76. The third-order valence-electron chi connectivity index (χ3n) is 5.19. The van der Waals surface area contributed by atoms with Gasteiger partial charge in [-0.2, -0.15) is 4.31 Å². The van der Waals surface area contributed by atoms with Gasteiger partial charge < -0.3 is 24.6 Å². The minimum Gasteiger partial charge on any atom is -0.493 e. The third-order valence-corrected chi connectivity index (χ3v) is 7.41. The molecule has 11 heteroatoms. The maximum Gasteiger partial charge on any atom is 0.252 e. The Kier molecular flexibility index (Phi) is 8.41. The first-order chi connectivity index (χ1) is 15.8. The van der Waals surface area contributed by atoms with Gasteiger partial charge in [0.1, 0.15) is 12.7 Å². The molecule has 33 heavy (non-hydrogen) atoms. The van der Waals surface area contributed by atoms with Crippen LogP contribution < -0.4 is 19.5 Å². The Balaban J connectivity index is 1.63. The molecule has 0 saturated carbocycles. The van der Waals surface area contributed by atoms with Gasteiger partial charge in [-0.25, -0.2) is 8.42 Å². The number of amides is 1. The van der Waals surface area contributed by atoms with E-state index in [2.05, 4.69) is 5.32 Å². The van der Waals surface area contributed by atoms with Crippen molar-refractivity contribution in [3.63, 3.8) is 0 Å². The summed E-state index contributed by atoms with van der Waals surface area (Å²) in [4.78, 5) is 12.7. The van der Waals surface area contributed by atoms with Crippen molar-refractivity contribution in [3.05, 3.63) is 47.0 Å². The molecule has 0 spiro atoms. The van der Waals surface area contributed by atoms with Crippen molar-refractivity contribution in [3.8, 4) is 17.2 Å². The van der Waals surface area contributed by atoms with Crippen molar-refractivity contribution in [1.29, 1.82) is 0 Å². The molecule has 1 aliphatic rings. The fourth-order valence-electron chi connectivity index (χ4n) is 3.42. The van der Waals surface area contributed by atoms with E-state index in [9.17, 15) is 18.3 Å². The van der Waals surface area contributed by atoms with Crippen LogP contribution in [0.2, 0.25) is 5.02 Å². The molecule has 2 aromatic rings. The molecule has 3 rings (SSSR count). The fourth-order valence-corrected chi connectivity index (χ4v) is 5.17. The molecule has 180 valence electrons. The Morgan fingerprint density at radius 2 is 1.79 bits per heavy atom. The van der Waals surface area contributed by atoms with Crippen LogP contribution >= 0.6 is 11.6 Å². The smallest absolute Gasteiger partial charge is 0.252 e. The van der Waals surface area contributed by atoms with Gasteiger partial charge in [-0.05, 0) is 43.2 Å². The number of carbonyl (C=O) groups excluding carboxylic acids is 1. The number of halogens is 1. The van der Waals surface area contributed by atoms with Crippen molar-refractivity contribution >= 4 is 27.5 Å². The van der Waals surface area contributed by atoms with E-state index in [4.69, 9.17) is 25.8 Å². The molecule has 2 N–H and O–H groups in total. The number of rotatable bonds is 10. The van der Waals surface area contributed by atoms with Crippen LogP contribution in [0, 0.1) is 0 Å². The second kappa shape index (κ2) is 11.1. The quantitative estimate of drug-likeness (QED) is 0.516. The van der Waals surface area contributed by atoms with Gasteiger partial charge >= 0.3 is 0 Å². The molecule has 2 aromatic carbocycles. The number of sulfonamides is 1. The maximum absolute atomic E-state index is 12.8. The molecule has 0 radical (unpaired) electrons. The Morgan fingerprint density at radius 3 is 2.39 bits per heavy atom. The SMILES string of the molecule is COc1cccc(OC)c1OCC(O)CNC(=O)c1cc(S(=O)(=O)N2CCCC2)ccc1Cl. The number of nitrogens with zero attached hydrogens (tertiary/aromatic N) is 1. The molecule has 0 aromatic heterocycles. The highest BCUT2D eigenvalue weighted by Crippen LogP contribution is 2.36. The third kappa shape index (κ3) is 5.89. The highest BCUT2D eigenvalue weighted by molar-refractivity contribution is 7.89. The normalized spacial score (nSPS) is 15.2. The largest absolute Gasteiger partial charge is 0.493 e. The van der Waals surface area contributed by atoms with Crippen LogP contribution in [0.15, 0.2) is 41.3 Å². The molecule has 1 heterocycles. The first-order valence-corrected chi connectivity index (χ1v) is 12.2. The van der Waals surface area contributed by atoms with Crippen LogP contribution in [0.1, 0.15) is 23.2 Å². The molecular formula is C22H27ClN2O7S. The lowest BCUT2D eigenvalue weighted by Gasteiger charge is -2.18. The number of aliphatic hydroxyl groups excluding tert-OH is 1. The Labute approximate surface area is 198 Å². The summed E-state index contributed by atoms with van der Waals surface area (Å²) in [7, 11) is -0.721. The number of methoxy groups -OCH3 is 2. The summed E-state index contributed by atoms with van der Waals surface area (Å²) >= 11 is 6.14. The number of para-hydroxylation sites is 1. The lowest BCUT2D eigenvalue weighted by Crippen LogP contribution is -2.35. The van der Waals surface area contributed by atoms with E-state index in [1.54, 1.807) is 18.2 Å². The summed E-state index contributed by atoms with van der Waals surface area (Å²) in [6.07, 6.45) is 0.556. The molecule has 1 fully saturated rings. The Morgan fingerprint density at radius 1 is 1.15 bits per heavy atom. The summed E-state index contributed by atoms with van der Waals surface area (Å²) in [6, 6.07) is 9.15. The summed E-state index contributed by atoms with van der Waals surface area (Å²) in [6.45, 7) is 0.620. The highest BCUT2D eigenvalue weighted by Gasteiger charge is 2.28. The summed E-state index contributed by atoms with van der Waals surface area (Å²) in [5, 5.41) is 12.9. The first-order valence-electron chi connectivity index (χ1n) is 10.4. The molecule has 0 bridgehead atoms. The lowest BCUT2D eigenvalue weighted by atomic mass is 10.2. The monoisotopic (exact) mass is 498 g/mol. The van der Waals surface area contributed by atoms with Crippen LogP contribution in [0.4, 0.5) is 0 Å². The van der Waals surface area contributed by atoms with Crippen molar-refractivity contribution in [2.75, 3.05) is 40.5 Å². The van der Waals surface area contributed by atoms with Gasteiger partial charge in [0.25, 0.3) is 5.91 Å². The number of ether oxygens (including phenoxy) is 3. The Bertz CT molecular complexity index is 1070. The van der Waals surface area contributed by atoms with Crippen LogP contribution in [-0.4, -0.2) is 70.3 Å². The van der Waals surface area contributed by atoms with Crippen LogP contribution in [0.3, 0.4) is 0 Å². The number of carbonyl (C=O) groups is 1. The van der Waals surface area contributed by atoms with Gasteiger partial charge in [0.15, 0.2) is 11.5 Å². The van der Waals surface area contributed by atoms with E-state index in [0.29, 0.717) is 30.3 Å². The van der Waals surface area contributed by atoms with E-state index >= 15 is 0 Å². The van der Waals surface area contributed by atoms with Gasteiger partial charge in [0.2, 0.25) is 15.8 Å². The van der Waals surface area contributed by atoms with Crippen LogP contribution in [0.25, 0.3) is 0 Å². The van der Waals surface area contributed by atoms with Gasteiger partial charge in [0.05, 0.1) is 29.7 Å². The minimum atomic E-state index is -3.69. The second-order valence-electron chi connectivity index (χ2n) is 7.42. The summed E-state index contributed by atoms with van der Waals surface area (Å²) < 4.78 is 43.1. The predicted octanol–water partition coefficient (Wildman–Crippen LogP) is 2.31. The van der Waals surface area contributed by atoms with E-state index in [-0.39, 0.29) is 28.6 Å². The zero-order valence-electron chi connectivity index (χ0n) is 18.4. The Hall–Kier alpha value is -2.53. The molecule has 1 aliphatic heterocycles. The number of nitrogens with one attached hydrogen (secondary N) is 1. The van der Waals surface area contributed by atoms with Crippen LogP contribution in [0.5, 0.6) is 17.2 Å². The molecule has 1 unspecified atom stereocenters. The van der Waals surface area contributed by atoms with E-state index < -0.39 is 22.0 Å². The summed E-state index contributed by atoms with van der Waals surface area (Å²) in [5.41, 5.74) is 0.0106. The maximum atomic E-state index is 12.8. The molecule has 9 nitrogen and oxygen atoms in total. The van der Waals surface area contributed by atoms with Crippen molar-refractivity contribution in [1.82, 2.24) is 9.62 Å². The molecule has 1 amide bonds. The van der Waals surface area contributed by atoms with Gasteiger partial charge in [-0.1, -0.05) is 17.7 Å². The topological polar surface area (TPSA) is 114 Å².